The summed E-state index contributed by atoms with van der Waals surface area (Å²) in [6.07, 6.45) is 1.32. The van der Waals surface area contributed by atoms with Gasteiger partial charge in [0.1, 0.15) is 17.1 Å². The molecule has 0 amide bonds. The molecule has 2 N–H and O–H groups in total. The van der Waals surface area contributed by atoms with Gasteiger partial charge in [-0.1, -0.05) is 0 Å². The summed E-state index contributed by atoms with van der Waals surface area (Å²) in [5.74, 6) is 0.516. The summed E-state index contributed by atoms with van der Waals surface area (Å²) >= 11 is 0. The first-order valence-corrected chi connectivity index (χ1v) is 6.73. The van der Waals surface area contributed by atoms with E-state index in [2.05, 4.69) is 15.3 Å². The number of aromatic carboxylic acids is 1. The zero-order valence-electron chi connectivity index (χ0n) is 12.0. The molecular formula is C15H17N3O3. The van der Waals surface area contributed by atoms with E-state index >= 15 is 0 Å². The van der Waals surface area contributed by atoms with Crippen molar-refractivity contribution in [1.29, 1.82) is 0 Å². The number of aromatic nitrogens is 2. The summed E-state index contributed by atoms with van der Waals surface area (Å²) in [5, 5.41) is 12.1. The van der Waals surface area contributed by atoms with Crippen molar-refractivity contribution in [2.75, 3.05) is 18.5 Å². The molecule has 1 aromatic carbocycles. The summed E-state index contributed by atoms with van der Waals surface area (Å²) in [6.45, 7) is 4.99. The predicted molar refractivity (Wildman–Crippen MR) is 79.8 cm³/mol. The lowest BCUT2D eigenvalue weighted by Crippen LogP contribution is -2.09. The average molecular weight is 287 g/mol. The number of anilines is 1. The second kappa shape index (κ2) is 6.69. The van der Waals surface area contributed by atoms with Crippen LogP contribution in [0.4, 0.5) is 5.82 Å². The second-order valence-electron chi connectivity index (χ2n) is 4.25. The lowest BCUT2D eigenvalue weighted by molar-refractivity contribution is 0.0697. The number of carbonyl (C=O) groups is 1. The number of carboxylic acid groups (broad SMARTS) is 1. The fourth-order valence-corrected chi connectivity index (χ4v) is 1.85. The molecular weight excluding hydrogens is 270 g/mol. The van der Waals surface area contributed by atoms with Gasteiger partial charge in [-0.25, -0.2) is 14.8 Å². The number of rotatable bonds is 6. The van der Waals surface area contributed by atoms with Crippen molar-refractivity contribution in [3.8, 4) is 17.1 Å². The largest absolute Gasteiger partial charge is 0.494 e. The maximum Gasteiger partial charge on any atom is 0.341 e. The maximum atomic E-state index is 11.1. The summed E-state index contributed by atoms with van der Waals surface area (Å²) in [7, 11) is 0. The molecule has 0 fully saturated rings. The minimum absolute atomic E-state index is 0.0616. The lowest BCUT2D eigenvalue weighted by Gasteiger charge is -2.09. The molecule has 0 aliphatic carbocycles. The molecule has 0 unspecified atom stereocenters. The van der Waals surface area contributed by atoms with E-state index in [4.69, 9.17) is 9.84 Å². The Balaban J connectivity index is 2.35. The topological polar surface area (TPSA) is 84.3 Å². The first-order valence-electron chi connectivity index (χ1n) is 6.73. The molecule has 1 heterocycles. The number of carboxylic acids is 1. The molecule has 0 aliphatic heterocycles. The molecule has 2 rings (SSSR count). The van der Waals surface area contributed by atoms with Crippen molar-refractivity contribution in [3.05, 3.63) is 36.0 Å². The molecule has 6 heteroatoms. The van der Waals surface area contributed by atoms with E-state index in [0.29, 0.717) is 24.8 Å². The molecule has 21 heavy (non-hydrogen) atoms. The van der Waals surface area contributed by atoms with Gasteiger partial charge in [0.2, 0.25) is 0 Å². The summed E-state index contributed by atoms with van der Waals surface area (Å²) in [6, 6.07) is 7.35. The first-order chi connectivity index (χ1) is 10.2. The standard InChI is InChI=1S/C15H17N3O3/c1-3-16-14-12(15(19)20)9-17-13(18-14)10-5-7-11(8-6-10)21-4-2/h5-9H,3-4H2,1-2H3,(H,19,20)(H,16,17,18). The van der Waals surface area contributed by atoms with E-state index in [1.807, 2.05) is 38.1 Å². The van der Waals surface area contributed by atoms with Crippen LogP contribution in [0.25, 0.3) is 11.4 Å². The third kappa shape index (κ3) is 3.47. The number of nitrogens with zero attached hydrogens (tertiary/aromatic N) is 2. The van der Waals surface area contributed by atoms with Crippen LogP contribution in [0.2, 0.25) is 0 Å². The molecule has 0 spiro atoms. The third-order valence-corrected chi connectivity index (χ3v) is 2.79. The van der Waals surface area contributed by atoms with E-state index in [9.17, 15) is 4.79 Å². The molecule has 1 aromatic heterocycles. The van der Waals surface area contributed by atoms with Crippen molar-refractivity contribution >= 4 is 11.8 Å². The normalized spacial score (nSPS) is 10.2. The highest BCUT2D eigenvalue weighted by Crippen LogP contribution is 2.22. The Morgan fingerprint density at radius 2 is 2.00 bits per heavy atom. The van der Waals surface area contributed by atoms with Gasteiger partial charge in [-0.3, -0.25) is 0 Å². The molecule has 0 bridgehead atoms. The van der Waals surface area contributed by atoms with Gasteiger partial charge >= 0.3 is 5.97 Å². The minimum Gasteiger partial charge on any atom is -0.494 e. The first kappa shape index (κ1) is 14.8. The van der Waals surface area contributed by atoms with Crippen LogP contribution in [0.3, 0.4) is 0 Å². The summed E-state index contributed by atoms with van der Waals surface area (Å²) < 4.78 is 5.38. The van der Waals surface area contributed by atoms with E-state index in [0.717, 1.165) is 11.3 Å². The van der Waals surface area contributed by atoms with Gasteiger partial charge in [0.05, 0.1) is 6.61 Å². The molecule has 6 nitrogen and oxygen atoms in total. The van der Waals surface area contributed by atoms with E-state index < -0.39 is 5.97 Å². The SMILES string of the molecule is CCNc1nc(-c2ccc(OCC)cc2)ncc1C(=O)O. The minimum atomic E-state index is -1.05. The van der Waals surface area contributed by atoms with Crippen LogP contribution in [0, 0.1) is 0 Å². The smallest absolute Gasteiger partial charge is 0.341 e. The Morgan fingerprint density at radius 1 is 1.29 bits per heavy atom. The van der Waals surface area contributed by atoms with Crippen molar-refractivity contribution < 1.29 is 14.6 Å². The van der Waals surface area contributed by atoms with Crippen LogP contribution in [-0.2, 0) is 0 Å². The van der Waals surface area contributed by atoms with Gasteiger partial charge in [0, 0.05) is 18.3 Å². The summed E-state index contributed by atoms with van der Waals surface area (Å²) in [5.41, 5.74) is 0.862. The van der Waals surface area contributed by atoms with Crippen LogP contribution < -0.4 is 10.1 Å². The zero-order chi connectivity index (χ0) is 15.2. The van der Waals surface area contributed by atoms with Gasteiger partial charge in [-0.2, -0.15) is 0 Å². The Morgan fingerprint density at radius 3 is 2.57 bits per heavy atom. The highest BCUT2D eigenvalue weighted by Gasteiger charge is 2.13. The van der Waals surface area contributed by atoms with E-state index in [-0.39, 0.29) is 5.56 Å². The Kier molecular flexibility index (Phi) is 4.71. The van der Waals surface area contributed by atoms with E-state index in [1.54, 1.807) is 0 Å². The molecule has 0 radical (unpaired) electrons. The maximum absolute atomic E-state index is 11.1. The molecule has 0 saturated carbocycles. The molecule has 0 aliphatic rings. The number of nitrogens with one attached hydrogen (secondary N) is 1. The van der Waals surface area contributed by atoms with Gasteiger partial charge < -0.3 is 15.2 Å². The Bertz CT molecular complexity index is 627. The number of ether oxygens (including phenoxy) is 1. The summed E-state index contributed by atoms with van der Waals surface area (Å²) in [4.78, 5) is 19.5. The van der Waals surface area contributed by atoms with Gasteiger partial charge in [0.15, 0.2) is 5.82 Å². The fraction of sp³-hybridized carbons (Fsp3) is 0.267. The third-order valence-electron chi connectivity index (χ3n) is 2.79. The lowest BCUT2D eigenvalue weighted by atomic mass is 10.2. The number of benzene rings is 1. The van der Waals surface area contributed by atoms with Crippen molar-refractivity contribution in [3.63, 3.8) is 0 Å². The van der Waals surface area contributed by atoms with Crippen LogP contribution >= 0.6 is 0 Å². The van der Waals surface area contributed by atoms with Crippen molar-refractivity contribution in [2.45, 2.75) is 13.8 Å². The predicted octanol–water partition coefficient (Wildman–Crippen LogP) is 2.67. The zero-order valence-corrected chi connectivity index (χ0v) is 12.0. The van der Waals surface area contributed by atoms with Crippen LogP contribution in [0.15, 0.2) is 30.5 Å². The van der Waals surface area contributed by atoms with Gasteiger partial charge in [-0.15, -0.1) is 0 Å². The number of hydrogen-bond acceptors (Lipinski definition) is 5. The van der Waals surface area contributed by atoms with Crippen LogP contribution in [-0.4, -0.2) is 34.2 Å². The molecule has 2 aromatic rings. The fourth-order valence-electron chi connectivity index (χ4n) is 1.85. The monoisotopic (exact) mass is 287 g/mol. The van der Waals surface area contributed by atoms with Gasteiger partial charge in [-0.05, 0) is 38.1 Å². The van der Waals surface area contributed by atoms with E-state index in [1.165, 1.54) is 6.20 Å². The highest BCUT2D eigenvalue weighted by molar-refractivity contribution is 5.93. The van der Waals surface area contributed by atoms with Crippen LogP contribution in [0.5, 0.6) is 5.75 Å². The molecule has 0 atom stereocenters. The highest BCUT2D eigenvalue weighted by atomic mass is 16.5. The van der Waals surface area contributed by atoms with Crippen molar-refractivity contribution in [2.24, 2.45) is 0 Å². The molecule has 110 valence electrons. The van der Waals surface area contributed by atoms with Crippen molar-refractivity contribution in [1.82, 2.24) is 9.97 Å². The van der Waals surface area contributed by atoms with Crippen LogP contribution in [0.1, 0.15) is 24.2 Å². The average Bonchev–Trinajstić information content (AvgIpc) is 2.48. The second-order valence-corrected chi connectivity index (χ2v) is 4.25. The Labute approximate surface area is 122 Å². The number of hydrogen-bond donors (Lipinski definition) is 2. The molecule has 0 saturated heterocycles. The van der Waals surface area contributed by atoms with Gasteiger partial charge in [0.25, 0.3) is 0 Å². The Hall–Kier alpha value is -2.63. The quantitative estimate of drug-likeness (QED) is 0.849.